The zero-order valence-corrected chi connectivity index (χ0v) is 13.8. The van der Waals surface area contributed by atoms with Gasteiger partial charge in [0.1, 0.15) is 0 Å². The Balaban J connectivity index is 2.27. The molecule has 2 aromatic rings. The summed E-state index contributed by atoms with van der Waals surface area (Å²) in [4.78, 5) is 14.1. The maximum atomic E-state index is 11.8. The summed E-state index contributed by atoms with van der Waals surface area (Å²) in [5.41, 5.74) is 1.76. The molecule has 0 fully saturated rings. The van der Waals surface area contributed by atoms with E-state index in [2.05, 4.69) is 37.5 Å². The van der Waals surface area contributed by atoms with Crippen LogP contribution < -0.4 is 5.43 Å². The molecule has 0 amide bonds. The number of aromatic hydroxyl groups is 1. The van der Waals surface area contributed by atoms with Crippen molar-refractivity contribution < 1.29 is 5.11 Å². The van der Waals surface area contributed by atoms with Crippen LogP contribution in [0.5, 0.6) is 5.75 Å². The van der Waals surface area contributed by atoms with Crippen molar-refractivity contribution in [3.8, 4) is 5.75 Å². The molecular weight excluding hydrogens is 288 g/mol. The first-order valence-corrected chi connectivity index (χ1v) is 7.82. The summed E-state index contributed by atoms with van der Waals surface area (Å²) in [6, 6.07) is 12.1. The summed E-state index contributed by atoms with van der Waals surface area (Å²) in [5, 5.41) is 9.65. The van der Waals surface area contributed by atoms with Crippen molar-refractivity contribution in [3.05, 3.63) is 76.7 Å². The summed E-state index contributed by atoms with van der Waals surface area (Å²) in [5.74, 6) is -0.227. The van der Waals surface area contributed by atoms with E-state index in [4.69, 9.17) is 0 Å². The summed E-state index contributed by atoms with van der Waals surface area (Å²) in [7, 11) is 0. The number of rotatable bonds is 7. The molecule has 2 rings (SSSR count). The van der Waals surface area contributed by atoms with Crippen molar-refractivity contribution in [1.29, 1.82) is 0 Å². The van der Waals surface area contributed by atoms with E-state index in [9.17, 15) is 9.90 Å². The van der Waals surface area contributed by atoms with Gasteiger partial charge in [0.2, 0.25) is 5.43 Å². The average Bonchev–Trinajstić information content (AvgIpc) is 2.52. The molecule has 1 aromatic carbocycles. The first kappa shape index (κ1) is 17.0. The van der Waals surface area contributed by atoms with Gasteiger partial charge >= 0.3 is 0 Å². The van der Waals surface area contributed by atoms with Gasteiger partial charge < -0.3 is 9.67 Å². The lowest BCUT2D eigenvalue weighted by Gasteiger charge is -2.28. The van der Waals surface area contributed by atoms with Crippen LogP contribution in [0.1, 0.15) is 25.1 Å². The lowest BCUT2D eigenvalue weighted by atomic mass is 10.1. The van der Waals surface area contributed by atoms with Gasteiger partial charge in [0, 0.05) is 37.4 Å². The van der Waals surface area contributed by atoms with Crippen LogP contribution in [-0.4, -0.2) is 20.6 Å². The van der Waals surface area contributed by atoms with Gasteiger partial charge in [-0.15, -0.1) is 6.58 Å². The van der Waals surface area contributed by atoms with Crippen LogP contribution in [-0.2, 0) is 19.6 Å². The van der Waals surface area contributed by atoms with Gasteiger partial charge in [-0.1, -0.05) is 36.4 Å². The Bertz CT molecular complexity index is 705. The van der Waals surface area contributed by atoms with Gasteiger partial charge in [0.05, 0.1) is 6.20 Å². The Labute approximate surface area is 137 Å². The van der Waals surface area contributed by atoms with E-state index < -0.39 is 0 Å². The molecule has 23 heavy (non-hydrogen) atoms. The molecule has 0 radical (unpaired) electrons. The van der Waals surface area contributed by atoms with E-state index >= 15 is 0 Å². The van der Waals surface area contributed by atoms with Crippen molar-refractivity contribution in [2.75, 3.05) is 0 Å². The summed E-state index contributed by atoms with van der Waals surface area (Å²) >= 11 is 0. The second-order valence-electron chi connectivity index (χ2n) is 5.94. The zero-order chi connectivity index (χ0) is 16.8. The fourth-order valence-corrected chi connectivity index (χ4v) is 2.49. The minimum Gasteiger partial charge on any atom is -0.503 e. The molecule has 0 saturated heterocycles. The van der Waals surface area contributed by atoms with Crippen LogP contribution >= 0.6 is 0 Å². The second-order valence-corrected chi connectivity index (χ2v) is 5.94. The number of allylic oxidation sites excluding steroid dienone is 1. The molecule has 4 nitrogen and oxygen atoms in total. The maximum absolute atomic E-state index is 11.8. The molecule has 0 spiro atoms. The van der Waals surface area contributed by atoms with Crippen LogP contribution in [0.2, 0.25) is 0 Å². The van der Waals surface area contributed by atoms with Crippen LogP contribution in [0, 0.1) is 0 Å². The van der Waals surface area contributed by atoms with E-state index in [0.717, 1.165) is 12.2 Å². The third-order valence-corrected chi connectivity index (χ3v) is 3.85. The molecular formula is C19H24N2O2. The van der Waals surface area contributed by atoms with E-state index in [1.807, 2.05) is 22.8 Å². The standard InChI is InChI=1S/C19H24N2O2/c1-4-10-20-14-19(23)18(22)11-17(20)13-21(15(2)3)12-16-8-6-5-7-9-16/h4-9,11,14-15,23H,1,10,12-13H2,2-3H3. The molecule has 0 saturated carbocycles. The quantitative estimate of drug-likeness (QED) is 0.799. The number of benzene rings is 1. The highest BCUT2D eigenvalue weighted by Crippen LogP contribution is 2.14. The number of nitrogens with zero attached hydrogens (tertiary/aromatic N) is 2. The number of hydrogen-bond acceptors (Lipinski definition) is 3. The third kappa shape index (κ3) is 4.57. The molecule has 0 aliphatic heterocycles. The Hall–Kier alpha value is -2.33. The fraction of sp³-hybridized carbons (Fsp3) is 0.316. The zero-order valence-electron chi connectivity index (χ0n) is 13.8. The fourth-order valence-electron chi connectivity index (χ4n) is 2.49. The Kier molecular flexibility index (Phi) is 5.77. The lowest BCUT2D eigenvalue weighted by Crippen LogP contribution is -2.31. The second kappa shape index (κ2) is 7.79. The highest BCUT2D eigenvalue weighted by molar-refractivity contribution is 5.21. The van der Waals surface area contributed by atoms with Gasteiger partial charge in [-0.3, -0.25) is 9.69 Å². The number of aromatic nitrogens is 1. The van der Waals surface area contributed by atoms with Gasteiger partial charge in [0.25, 0.3) is 0 Å². The predicted octanol–water partition coefficient (Wildman–Crippen LogP) is 3.15. The Morgan fingerprint density at radius 3 is 2.57 bits per heavy atom. The third-order valence-electron chi connectivity index (χ3n) is 3.85. The van der Waals surface area contributed by atoms with Gasteiger partial charge in [-0.25, -0.2) is 0 Å². The normalized spacial score (nSPS) is 11.1. The van der Waals surface area contributed by atoms with Crippen molar-refractivity contribution in [2.24, 2.45) is 0 Å². The highest BCUT2D eigenvalue weighted by Gasteiger charge is 2.14. The van der Waals surface area contributed by atoms with Gasteiger partial charge in [0.15, 0.2) is 5.75 Å². The molecule has 1 aromatic heterocycles. The van der Waals surface area contributed by atoms with Crippen LogP contribution in [0.3, 0.4) is 0 Å². The lowest BCUT2D eigenvalue weighted by molar-refractivity contribution is 0.198. The van der Waals surface area contributed by atoms with E-state index in [-0.39, 0.29) is 11.2 Å². The van der Waals surface area contributed by atoms with Crippen LogP contribution in [0.15, 0.2) is 60.0 Å². The SMILES string of the molecule is C=CCn1cc(O)c(=O)cc1CN(Cc1ccccc1)C(C)C. The van der Waals surface area contributed by atoms with Crippen LogP contribution in [0.25, 0.3) is 0 Å². The van der Waals surface area contributed by atoms with Crippen molar-refractivity contribution in [2.45, 2.75) is 39.5 Å². The number of hydrogen-bond donors (Lipinski definition) is 1. The molecule has 0 aliphatic carbocycles. The Morgan fingerprint density at radius 2 is 1.96 bits per heavy atom. The minimum atomic E-state index is -0.344. The van der Waals surface area contributed by atoms with Crippen molar-refractivity contribution >= 4 is 0 Å². The molecule has 4 heteroatoms. The summed E-state index contributed by atoms with van der Waals surface area (Å²) in [6.07, 6.45) is 3.24. The van der Waals surface area contributed by atoms with E-state index in [1.165, 1.54) is 17.8 Å². The largest absolute Gasteiger partial charge is 0.503 e. The molecule has 0 atom stereocenters. The molecule has 1 N–H and O–H groups in total. The summed E-state index contributed by atoms with van der Waals surface area (Å²) < 4.78 is 1.87. The van der Waals surface area contributed by atoms with E-state index in [1.54, 1.807) is 6.08 Å². The highest BCUT2D eigenvalue weighted by atomic mass is 16.3. The Morgan fingerprint density at radius 1 is 1.26 bits per heavy atom. The molecule has 0 bridgehead atoms. The monoisotopic (exact) mass is 312 g/mol. The molecule has 0 aliphatic rings. The smallest absolute Gasteiger partial charge is 0.223 e. The van der Waals surface area contributed by atoms with Crippen LogP contribution in [0.4, 0.5) is 0 Å². The van der Waals surface area contributed by atoms with Gasteiger partial charge in [-0.2, -0.15) is 0 Å². The summed E-state index contributed by atoms with van der Waals surface area (Å²) in [6.45, 7) is 10.0. The molecule has 1 heterocycles. The topological polar surface area (TPSA) is 45.5 Å². The average molecular weight is 312 g/mol. The first-order chi connectivity index (χ1) is 11.0. The molecule has 0 unspecified atom stereocenters. The van der Waals surface area contributed by atoms with E-state index in [0.29, 0.717) is 19.1 Å². The van der Waals surface area contributed by atoms with Crippen molar-refractivity contribution in [3.63, 3.8) is 0 Å². The van der Waals surface area contributed by atoms with Gasteiger partial charge in [-0.05, 0) is 19.4 Å². The maximum Gasteiger partial charge on any atom is 0.223 e. The minimum absolute atomic E-state index is 0.227. The predicted molar refractivity (Wildman–Crippen MR) is 93.4 cm³/mol. The van der Waals surface area contributed by atoms with Crippen molar-refractivity contribution in [1.82, 2.24) is 9.47 Å². The number of pyridine rings is 1. The molecule has 122 valence electrons. The first-order valence-electron chi connectivity index (χ1n) is 7.82.